The lowest BCUT2D eigenvalue weighted by Crippen LogP contribution is -2.37. The summed E-state index contributed by atoms with van der Waals surface area (Å²) in [6, 6.07) is 0.157. The van der Waals surface area contributed by atoms with E-state index in [-0.39, 0.29) is 17.4 Å². The summed E-state index contributed by atoms with van der Waals surface area (Å²) in [5.74, 6) is 0.612. The van der Waals surface area contributed by atoms with Crippen LogP contribution in [-0.2, 0) is 10.8 Å². The summed E-state index contributed by atoms with van der Waals surface area (Å²) >= 11 is 0. The summed E-state index contributed by atoms with van der Waals surface area (Å²) in [5, 5.41) is 11.8. The van der Waals surface area contributed by atoms with Gasteiger partial charge in [-0.25, -0.2) is 0 Å². The molecule has 80 valence electrons. The predicted molar refractivity (Wildman–Crippen MR) is 57.3 cm³/mol. The molecule has 2 unspecified atom stereocenters. The lowest BCUT2D eigenvalue weighted by Gasteiger charge is -2.22. The number of hydrogen-bond acceptors (Lipinski definition) is 3. The van der Waals surface area contributed by atoms with Crippen LogP contribution >= 0.6 is 0 Å². The Morgan fingerprint density at radius 3 is 2.31 bits per heavy atom. The van der Waals surface area contributed by atoms with Crippen LogP contribution in [0.2, 0.25) is 0 Å². The van der Waals surface area contributed by atoms with Crippen LogP contribution in [0.25, 0.3) is 0 Å². The van der Waals surface area contributed by atoms with Crippen molar-refractivity contribution in [2.75, 3.05) is 19.4 Å². The molecule has 0 aliphatic heterocycles. The molecule has 13 heavy (non-hydrogen) atoms. The highest BCUT2D eigenvalue weighted by molar-refractivity contribution is 7.86. The van der Waals surface area contributed by atoms with Crippen molar-refractivity contribution in [2.45, 2.75) is 38.0 Å². The third-order valence-electron chi connectivity index (χ3n) is 1.92. The largest absolute Gasteiger partial charge is 0.396 e. The molecule has 0 saturated carbocycles. The fraction of sp³-hybridized carbons (Fsp3) is 1.00. The van der Waals surface area contributed by atoms with Crippen molar-refractivity contribution in [2.24, 2.45) is 0 Å². The van der Waals surface area contributed by atoms with Gasteiger partial charge in [-0.05, 0) is 34.2 Å². The van der Waals surface area contributed by atoms with E-state index in [1.54, 1.807) is 0 Å². The number of nitrogens with one attached hydrogen (secondary N) is 1. The first-order valence-electron chi connectivity index (χ1n) is 4.58. The Balaban J connectivity index is 4.01. The average molecular weight is 207 g/mol. The molecule has 3 nitrogen and oxygen atoms in total. The zero-order valence-electron chi connectivity index (χ0n) is 8.96. The van der Waals surface area contributed by atoms with Gasteiger partial charge in [0, 0.05) is 33.9 Å². The smallest absolute Gasteiger partial charge is 0.0446 e. The first-order chi connectivity index (χ1) is 5.91. The lowest BCUT2D eigenvalue weighted by molar-refractivity contribution is 0.272. The van der Waals surface area contributed by atoms with Gasteiger partial charge < -0.3 is 10.4 Å². The van der Waals surface area contributed by atoms with Crippen LogP contribution < -0.4 is 5.32 Å². The van der Waals surface area contributed by atoms with Gasteiger partial charge in [0.05, 0.1) is 0 Å². The van der Waals surface area contributed by atoms with Crippen LogP contribution in [-0.4, -0.2) is 39.5 Å². The Hall–Kier alpha value is 0.0700. The van der Waals surface area contributed by atoms with E-state index in [2.05, 4.69) is 5.32 Å². The van der Waals surface area contributed by atoms with E-state index < -0.39 is 10.8 Å². The van der Waals surface area contributed by atoms with Crippen LogP contribution in [0.15, 0.2) is 0 Å². The zero-order valence-corrected chi connectivity index (χ0v) is 9.78. The van der Waals surface area contributed by atoms with E-state index in [4.69, 9.17) is 5.11 Å². The van der Waals surface area contributed by atoms with Crippen molar-refractivity contribution >= 4 is 10.8 Å². The van der Waals surface area contributed by atoms with Crippen molar-refractivity contribution in [1.82, 2.24) is 5.32 Å². The molecule has 2 atom stereocenters. The first-order valence-corrected chi connectivity index (χ1v) is 5.90. The summed E-state index contributed by atoms with van der Waals surface area (Å²) in [6.07, 6.45) is 0.665. The number of aliphatic hydroxyl groups excluding tert-OH is 1. The van der Waals surface area contributed by atoms with Gasteiger partial charge in [-0.1, -0.05) is 0 Å². The van der Waals surface area contributed by atoms with Gasteiger partial charge in [0.25, 0.3) is 0 Å². The summed E-state index contributed by atoms with van der Waals surface area (Å²) < 4.78 is 11.5. The highest BCUT2D eigenvalue weighted by Crippen LogP contribution is 2.12. The Kier molecular flexibility index (Phi) is 5.76. The molecule has 0 aromatic carbocycles. The maximum atomic E-state index is 11.7. The fourth-order valence-corrected chi connectivity index (χ4v) is 2.10. The highest BCUT2D eigenvalue weighted by atomic mass is 32.2. The monoisotopic (exact) mass is 207 g/mol. The van der Waals surface area contributed by atoms with E-state index >= 15 is 0 Å². The molecule has 0 amide bonds. The quantitative estimate of drug-likeness (QED) is 0.690. The van der Waals surface area contributed by atoms with Gasteiger partial charge in [0.1, 0.15) is 0 Å². The zero-order chi connectivity index (χ0) is 10.5. The van der Waals surface area contributed by atoms with Crippen molar-refractivity contribution < 1.29 is 9.32 Å². The number of rotatable bonds is 5. The molecule has 0 saturated heterocycles. The molecule has 0 aromatic heterocycles. The molecule has 0 bridgehead atoms. The minimum atomic E-state index is -0.842. The number of aliphatic hydroxyl groups is 1. The Bertz CT molecular complexity index is 165. The molecule has 0 rings (SSSR count). The van der Waals surface area contributed by atoms with E-state index in [0.29, 0.717) is 12.2 Å². The van der Waals surface area contributed by atoms with Crippen LogP contribution in [0, 0.1) is 0 Å². The SMILES string of the molecule is CNC(CCO)CS(=O)C(C)(C)C. The third-order valence-corrected chi connectivity index (χ3v) is 3.99. The topological polar surface area (TPSA) is 49.3 Å². The summed E-state index contributed by atoms with van der Waals surface area (Å²) in [7, 11) is 0.991. The first kappa shape index (κ1) is 13.1. The molecule has 0 aromatic rings. The summed E-state index contributed by atoms with van der Waals surface area (Å²) in [5.41, 5.74) is 0. The van der Waals surface area contributed by atoms with Gasteiger partial charge in [0.15, 0.2) is 0 Å². The minimum Gasteiger partial charge on any atom is -0.396 e. The van der Waals surface area contributed by atoms with Gasteiger partial charge in [0.2, 0.25) is 0 Å². The Morgan fingerprint density at radius 2 is 2.00 bits per heavy atom. The lowest BCUT2D eigenvalue weighted by atomic mass is 10.2. The maximum Gasteiger partial charge on any atom is 0.0446 e. The van der Waals surface area contributed by atoms with E-state index in [1.165, 1.54) is 0 Å². The molecule has 0 heterocycles. The molecule has 0 aliphatic carbocycles. The molecule has 2 N–H and O–H groups in total. The van der Waals surface area contributed by atoms with Crippen molar-refractivity contribution in [3.63, 3.8) is 0 Å². The second kappa shape index (κ2) is 5.73. The molecule has 4 heteroatoms. The van der Waals surface area contributed by atoms with E-state index in [9.17, 15) is 4.21 Å². The van der Waals surface area contributed by atoms with Gasteiger partial charge in [-0.2, -0.15) is 0 Å². The average Bonchev–Trinajstić information content (AvgIpc) is 2.01. The summed E-state index contributed by atoms with van der Waals surface area (Å²) in [4.78, 5) is 0. The van der Waals surface area contributed by atoms with Gasteiger partial charge in [-0.3, -0.25) is 4.21 Å². The van der Waals surface area contributed by atoms with E-state index in [0.717, 1.165) is 0 Å². The van der Waals surface area contributed by atoms with Crippen LogP contribution in [0.4, 0.5) is 0 Å². The predicted octanol–water partition coefficient (Wildman–Crippen LogP) is 0.504. The minimum absolute atomic E-state index is 0.146. The van der Waals surface area contributed by atoms with Crippen molar-refractivity contribution in [3.8, 4) is 0 Å². The second-order valence-electron chi connectivity index (χ2n) is 4.12. The second-order valence-corrected chi connectivity index (χ2v) is 6.37. The molecule has 0 spiro atoms. The molecular weight excluding hydrogens is 186 g/mol. The third kappa shape index (κ3) is 5.39. The van der Waals surface area contributed by atoms with Crippen LogP contribution in [0.5, 0.6) is 0 Å². The van der Waals surface area contributed by atoms with Gasteiger partial charge >= 0.3 is 0 Å². The molecule has 0 fully saturated rings. The Labute approximate surface area is 83.4 Å². The molecule has 0 radical (unpaired) electrons. The highest BCUT2D eigenvalue weighted by Gasteiger charge is 2.22. The van der Waals surface area contributed by atoms with E-state index in [1.807, 2.05) is 27.8 Å². The molecule has 0 aliphatic rings. The van der Waals surface area contributed by atoms with Crippen LogP contribution in [0.1, 0.15) is 27.2 Å². The van der Waals surface area contributed by atoms with Gasteiger partial charge in [-0.15, -0.1) is 0 Å². The normalized spacial score (nSPS) is 17.0. The fourth-order valence-electron chi connectivity index (χ4n) is 0.900. The van der Waals surface area contributed by atoms with Crippen molar-refractivity contribution in [1.29, 1.82) is 0 Å². The Morgan fingerprint density at radius 1 is 1.46 bits per heavy atom. The standard InChI is InChI=1S/C9H21NO2S/c1-9(2,3)13(12)7-8(10-4)5-6-11/h8,10-11H,5-7H2,1-4H3. The van der Waals surface area contributed by atoms with Crippen molar-refractivity contribution in [3.05, 3.63) is 0 Å². The maximum absolute atomic E-state index is 11.7. The number of hydrogen-bond donors (Lipinski definition) is 2. The summed E-state index contributed by atoms with van der Waals surface area (Å²) in [6.45, 7) is 6.05. The van der Waals surface area contributed by atoms with Crippen LogP contribution in [0.3, 0.4) is 0 Å². The molecular formula is C9H21NO2S.